The zero-order valence-corrected chi connectivity index (χ0v) is 17.0. The second kappa shape index (κ2) is 9.77. The van der Waals surface area contributed by atoms with Crippen LogP contribution in [0.1, 0.15) is 15.9 Å². The summed E-state index contributed by atoms with van der Waals surface area (Å²) in [7, 11) is 0. The average Bonchev–Trinajstić information content (AvgIpc) is 2.70. The summed E-state index contributed by atoms with van der Waals surface area (Å²) < 4.78 is 6.08. The molecule has 0 aliphatic rings. The molecule has 0 bridgehead atoms. The van der Waals surface area contributed by atoms with Gasteiger partial charge in [-0.15, -0.1) is 0 Å². The molecule has 3 aromatic rings. The van der Waals surface area contributed by atoms with Crippen LogP contribution in [0.2, 0.25) is 0 Å². The molecule has 3 aromatic carbocycles. The van der Waals surface area contributed by atoms with Crippen molar-refractivity contribution in [3.05, 3.63) is 94.5 Å². The molecule has 0 fully saturated rings. The standard InChI is InChI=1S/C21H16BrN3O2S/c22-19-9-5-4-8-18(19)20(26)27-17-12-10-15(11-13-17)14-23-25-21(28)24-16-6-2-1-3-7-16/h1-14H,(H2,24,25,28). The minimum atomic E-state index is -0.423. The van der Waals surface area contributed by atoms with E-state index < -0.39 is 5.97 Å². The molecule has 0 saturated carbocycles. The van der Waals surface area contributed by atoms with Gasteiger partial charge >= 0.3 is 5.97 Å². The number of halogens is 1. The van der Waals surface area contributed by atoms with Gasteiger partial charge < -0.3 is 10.1 Å². The molecule has 0 atom stereocenters. The van der Waals surface area contributed by atoms with E-state index in [4.69, 9.17) is 17.0 Å². The third-order valence-electron chi connectivity index (χ3n) is 3.60. The predicted molar refractivity (Wildman–Crippen MR) is 119 cm³/mol. The van der Waals surface area contributed by atoms with E-state index in [9.17, 15) is 4.79 Å². The highest BCUT2D eigenvalue weighted by Crippen LogP contribution is 2.19. The van der Waals surface area contributed by atoms with E-state index in [2.05, 4.69) is 31.8 Å². The van der Waals surface area contributed by atoms with E-state index in [-0.39, 0.29) is 0 Å². The number of ether oxygens (including phenoxy) is 1. The van der Waals surface area contributed by atoms with Crippen molar-refractivity contribution in [2.45, 2.75) is 0 Å². The highest BCUT2D eigenvalue weighted by molar-refractivity contribution is 9.10. The molecule has 0 saturated heterocycles. The smallest absolute Gasteiger partial charge is 0.344 e. The Morgan fingerprint density at radius 3 is 2.36 bits per heavy atom. The van der Waals surface area contributed by atoms with E-state index in [0.29, 0.717) is 20.9 Å². The first-order valence-electron chi connectivity index (χ1n) is 8.34. The molecule has 0 aromatic heterocycles. The van der Waals surface area contributed by atoms with E-state index in [0.717, 1.165) is 11.3 Å². The van der Waals surface area contributed by atoms with Gasteiger partial charge in [-0.3, -0.25) is 5.43 Å². The Labute approximate surface area is 176 Å². The molecule has 0 aliphatic heterocycles. The number of hydrazone groups is 1. The van der Waals surface area contributed by atoms with E-state index >= 15 is 0 Å². The van der Waals surface area contributed by atoms with Crippen molar-refractivity contribution in [2.24, 2.45) is 5.10 Å². The van der Waals surface area contributed by atoms with Crippen molar-refractivity contribution in [1.29, 1.82) is 0 Å². The quantitative estimate of drug-likeness (QED) is 0.187. The van der Waals surface area contributed by atoms with Gasteiger partial charge in [0.2, 0.25) is 0 Å². The van der Waals surface area contributed by atoms with Crippen LogP contribution in [0.3, 0.4) is 0 Å². The van der Waals surface area contributed by atoms with Crippen LogP contribution in [0.5, 0.6) is 5.75 Å². The number of nitrogens with one attached hydrogen (secondary N) is 2. The van der Waals surface area contributed by atoms with Crippen LogP contribution in [0.25, 0.3) is 0 Å². The van der Waals surface area contributed by atoms with Gasteiger partial charge in [0.25, 0.3) is 0 Å². The molecule has 2 N–H and O–H groups in total. The summed E-state index contributed by atoms with van der Waals surface area (Å²) in [6, 6.07) is 23.7. The Morgan fingerprint density at radius 2 is 1.64 bits per heavy atom. The molecule has 0 unspecified atom stereocenters. The fraction of sp³-hybridized carbons (Fsp3) is 0. The summed E-state index contributed by atoms with van der Waals surface area (Å²) in [6.45, 7) is 0. The fourth-order valence-electron chi connectivity index (χ4n) is 2.26. The second-order valence-electron chi connectivity index (χ2n) is 5.63. The molecule has 5 nitrogen and oxygen atoms in total. The highest BCUT2D eigenvalue weighted by atomic mass is 79.9. The maximum absolute atomic E-state index is 12.2. The molecule has 0 heterocycles. The number of nitrogens with zero attached hydrogens (tertiary/aromatic N) is 1. The number of benzene rings is 3. The summed E-state index contributed by atoms with van der Waals surface area (Å²) in [5.41, 5.74) is 4.93. The molecular weight excluding hydrogens is 438 g/mol. The summed E-state index contributed by atoms with van der Waals surface area (Å²) in [4.78, 5) is 12.2. The van der Waals surface area contributed by atoms with Crippen LogP contribution in [-0.2, 0) is 0 Å². The Balaban J connectivity index is 1.52. The molecule has 0 radical (unpaired) electrons. The lowest BCUT2D eigenvalue weighted by Crippen LogP contribution is -2.23. The number of hydrogen-bond donors (Lipinski definition) is 2. The van der Waals surface area contributed by atoms with Crippen LogP contribution in [0, 0.1) is 0 Å². The highest BCUT2D eigenvalue weighted by Gasteiger charge is 2.11. The average molecular weight is 454 g/mol. The Hall–Kier alpha value is -3.03. The number of anilines is 1. The first-order chi connectivity index (χ1) is 13.6. The zero-order valence-electron chi connectivity index (χ0n) is 14.6. The van der Waals surface area contributed by atoms with Crippen molar-refractivity contribution in [2.75, 3.05) is 5.32 Å². The van der Waals surface area contributed by atoms with Crippen LogP contribution >= 0.6 is 28.1 Å². The summed E-state index contributed by atoms with van der Waals surface area (Å²) in [5, 5.41) is 7.51. The molecule has 0 spiro atoms. The summed E-state index contributed by atoms with van der Waals surface area (Å²) >= 11 is 8.52. The molecule has 7 heteroatoms. The van der Waals surface area contributed by atoms with Gasteiger partial charge in [0.15, 0.2) is 5.11 Å². The van der Waals surface area contributed by atoms with Crippen molar-refractivity contribution >= 4 is 51.1 Å². The van der Waals surface area contributed by atoms with E-state index in [1.165, 1.54) is 0 Å². The van der Waals surface area contributed by atoms with Crippen molar-refractivity contribution in [3.8, 4) is 5.75 Å². The van der Waals surface area contributed by atoms with Gasteiger partial charge in [0, 0.05) is 10.2 Å². The minimum Gasteiger partial charge on any atom is -0.423 e. The van der Waals surface area contributed by atoms with Crippen LogP contribution < -0.4 is 15.5 Å². The SMILES string of the molecule is O=C(Oc1ccc(C=NNC(=S)Nc2ccccc2)cc1)c1ccccc1Br. The lowest BCUT2D eigenvalue weighted by Gasteiger charge is -2.07. The monoisotopic (exact) mass is 453 g/mol. The maximum Gasteiger partial charge on any atom is 0.344 e. The first-order valence-corrected chi connectivity index (χ1v) is 9.54. The number of carbonyl (C=O) groups is 1. The van der Waals surface area contributed by atoms with E-state index in [1.807, 2.05) is 36.4 Å². The normalized spacial score (nSPS) is 10.5. The number of carbonyl (C=O) groups excluding carboxylic acids is 1. The zero-order chi connectivity index (χ0) is 19.8. The van der Waals surface area contributed by atoms with Crippen molar-refractivity contribution < 1.29 is 9.53 Å². The van der Waals surface area contributed by atoms with Crippen LogP contribution in [0.4, 0.5) is 5.69 Å². The Kier molecular flexibility index (Phi) is 6.89. The van der Waals surface area contributed by atoms with Crippen LogP contribution in [0.15, 0.2) is 88.4 Å². The summed E-state index contributed by atoms with van der Waals surface area (Å²) in [5.74, 6) is 0.0278. The van der Waals surface area contributed by atoms with Gasteiger partial charge in [-0.05, 0) is 82.2 Å². The molecule has 140 valence electrons. The van der Waals surface area contributed by atoms with Gasteiger partial charge in [-0.25, -0.2) is 4.79 Å². The maximum atomic E-state index is 12.2. The summed E-state index contributed by atoms with van der Waals surface area (Å²) in [6.07, 6.45) is 1.62. The topological polar surface area (TPSA) is 62.7 Å². The second-order valence-corrected chi connectivity index (χ2v) is 6.89. The predicted octanol–water partition coefficient (Wildman–Crippen LogP) is 4.99. The molecule has 28 heavy (non-hydrogen) atoms. The number of para-hydroxylation sites is 1. The number of rotatable bonds is 5. The first kappa shape index (κ1) is 19.7. The molecule has 0 aliphatic carbocycles. The number of thiocarbonyl (C=S) groups is 1. The van der Waals surface area contributed by atoms with Gasteiger partial charge in [-0.2, -0.15) is 5.10 Å². The third kappa shape index (κ3) is 5.73. The molecule has 0 amide bonds. The Morgan fingerprint density at radius 1 is 0.964 bits per heavy atom. The van der Waals surface area contributed by atoms with Gasteiger partial charge in [0.05, 0.1) is 11.8 Å². The number of hydrogen-bond acceptors (Lipinski definition) is 4. The third-order valence-corrected chi connectivity index (χ3v) is 4.48. The lowest BCUT2D eigenvalue weighted by atomic mass is 10.2. The van der Waals surface area contributed by atoms with Crippen LogP contribution in [-0.4, -0.2) is 17.3 Å². The minimum absolute atomic E-state index is 0.390. The van der Waals surface area contributed by atoms with E-state index in [1.54, 1.807) is 48.7 Å². The largest absolute Gasteiger partial charge is 0.423 e. The Bertz CT molecular complexity index is 992. The van der Waals surface area contributed by atoms with Crippen molar-refractivity contribution in [1.82, 2.24) is 5.43 Å². The number of esters is 1. The van der Waals surface area contributed by atoms with Gasteiger partial charge in [-0.1, -0.05) is 30.3 Å². The molecular formula is C21H16BrN3O2S. The molecule has 3 rings (SSSR count). The van der Waals surface area contributed by atoms with Crippen molar-refractivity contribution in [3.63, 3.8) is 0 Å². The lowest BCUT2D eigenvalue weighted by molar-refractivity contribution is 0.0734. The van der Waals surface area contributed by atoms with Gasteiger partial charge in [0.1, 0.15) is 5.75 Å². The fourth-order valence-corrected chi connectivity index (χ4v) is 2.87.